The van der Waals surface area contributed by atoms with E-state index in [1.165, 1.54) is 4.90 Å². The highest BCUT2D eigenvalue weighted by Crippen LogP contribution is 2.19. The Balaban J connectivity index is 2.68. The summed E-state index contributed by atoms with van der Waals surface area (Å²) in [7, 11) is 0. The molecule has 1 saturated heterocycles. The molecule has 1 rings (SSSR count). The SMILES string of the molecule is N[C@@H](CCC(=O)O)C(=O)N1CCC[C@H]1C(=O)N[C@@H](CS)C(=O)O. The van der Waals surface area contributed by atoms with Gasteiger partial charge in [-0.2, -0.15) is 12.6 Å². The summed E-state index contributed by atoms with van der Waals surface area (Å²) in [6, 6.07) is -2.93. The number of nitrogens with one attached hydrogen (secondary N) is 1. The lowest BCUT2D eigenvalue weighted by Crippen LogP contribution is -2.54. The molecule has 0 aromatic heterocycles. The molecule has 2 amide bonds. The summed E-state index contributed by atoms with van der Waals surface area (Å²) in [5, 5.41) is 19.9. The Morgan fingerprint density at radius 2 is 1.96 bits per heavy atom. The number of carboxylic acids is 2. The van der Waals surface area contributed by atoms with Gasteiger partial charge in [0, 0.05) is 18.7 Å². The molecule has 1 aliphatic heterocycles. The van der Waals surface area contributed by atoms with Crippen LogP contribution in [-0.4, -0.2) is 69.3 Å². The van der Waals surface area contributed by atoms with E-state index in [9.17, 15) is 19.2 Å². The second-order valence-electron chi connectivity index (χ2n) is 5.31. The van der Waals surface area contributed by atoms with Crippen LogP contribution in [0.15, 0.2) is 0 Å². The summed E-state index contributed by atoms with van der Waals surface area (Å²) in [6.45, 7) is 0.330. The van der Waals surface area contributed by atoms with Crippen LogP contribution in [0.5, 0.6) is 0 Å². The predicted molar refractivity (Wildman–Crippen MR) is 83.0 cm³/mol. The number of carbonyl (C=O) groups is 4. The van der Waals surface area contributed by atoms with Gasteiger partial charge in [-0.05, 0) is 19.3 Å². The zero-order valence-corrected chi connectivity index (χ0v) is 13.4. The van der Waals surface area contributed by atoms with Crippen molar-refractivity contribution < 1.29 is 29.4 Å². The average molecular weight is 347 g/mol. The van der Waals surface area contributed by atoms with Gasteiger partial charge in [0.25, 0.3) is 0 Å². The van der Waals surface area contributed by atoms with Gasteiger partial charge in [-0.25, -0.2) is 4.79 Å². The lowest BCUT2D eigenvalue weighted by atomic mass is 10.1. The van der Waals surface area contributed by atoms with E-state index in [1.54, 1.807) is 0 Å². The molecular formula is C13H21N3O6S. The van der Waals surface area contributed by atoms with E-state index in [0.717, 1.165) is 0 Å². The molecule has 0 saturated carbocycles. The van der Waals surface area contributed by atoms with Gasteiger partial charge in [-0.15, -0.1) is 0 Å². The van der Waals surface area contributed by atoms with Crippen LogP contribution >= 0.6 is 12.6 Å². The maximum absolute atomic E-state index is 12.3. The number of thiol groups is 1. The molecule has 23 heavy (non-hydrogen) atoms. The number of likely N-dealkylation sites (tertiary alicyclic amines) is 1. The van der Waals surface area contributed by atoms with Crippen molar-refractivity contribution in [2.24, 2.45) is 5.73 Å². The molecule has 5 N–H and O–H groups in total. The lowest BCUT2D eigenvalue weighted by Gasteiger charge is -2.27. The van der Waals surface area contributed by atoms with E-state index in [-0.39, 0.29) is 18.6 Å². The highest BCUT2D eigenvalue weighted by Gasteiger charge is 2.37. The molecule has 0 aliphatic carbocycles. The van der Waals surface area contributed by atoms with Crippen molar-refractivity contribution in [3.05, 3.63) is 0 Å². The Kier molecular flexibility index (Phi) is 7.30. The van der Waals surface area contributed by atoms with E-state index >= 15 is 0 Å². The van der Waals surface area contributed by atoms with Crippen molar-refractivity contribution in [2.75, 3.05) is 12.3 Å². The maximum Gasteiger partial charge on any atom is 0.327 e. The van der Waals surface area contributed by atoms with E-state index in [4.69, 9.17) is 15.9 Å². The van der Waals surface area contributed by atoms with Gasteiger partial charge in [0.15, 0.2) is 0 Å². The van der Waals surface area contributed by atoms with E-state index in [2.05, 4.69) is 17.9 Å². The largest absolute Gasteiger partial charge is 0.481 e. The quantitative estimate of drug-likeness (QED) is 0.341. The minimum Gasteiger partial charge on any atom is -0.481 e. The standard InChI is InChI=1S/C13H21N3O6S/c14-7(3-4-10(17)18)12(20)16-5-1-2-9(16)11(19)15-8(6-23)13(21)22/h7-9,23H,1-6,14H2,(H,15,19)(H,17,18)(H,21,22)/t7-,8-,9-/m0/s1. The number of aliphatic carboxylic acids is 2. The van der Waals surface area contributed by atoms with Crippen LogP contribution in [0.4, 0.5) is 0 Å². The van der Waals surface area contributed by atoms with E-state index in [0.29, 0.717) is 19.4 Å². The topological polar surface area (TPSA) is 150 Å². The zero-order chi connectivity index (χ0) is 17.6. The first-order valence-electron chi connectivity index (χ1n) is 7.19. The molecule has 0 bridgehead atoms. The molecule has 0 spiro atoms. The monoisotopic (exact) mass is 347 g/mol. The normalized spacial score (nSPS) is 19.9. The van der Waals surface area contributed by atoms with Gasteiger partial charge in [0.05, 0.1) is 6.04 Å². The van der Waals surface area contributed by atoms with Crippen LogP contribution in [0, 0.1) is 0 Å². The minimum atomic E-state index is -1.21. The van der Waals surface area contributed by atoms with Crippen molar-refractivity contribution in [3.8, 4) is 0 Å². The Morgan fingerprint density at radius 3 is 2.48 bits per heavy atom. The lowest BCUT2D eigenvalue weighted by molar-refractivity contribution is -0.143. The summed E-state index contributed by atoms with van der Waals surface area (Å²) in [5.41, 5.74) is 5.69. The Labute approximate surface area is 138 Å². The number of hydrogen-bond acceptors (Lipinski definition) is 6. The zero-order valence-electron chi connectivity index (χ0n) is 12.5. The summed E-state index contributed by atoms with van der Waals surface area (Å²) >= 11 is 3.86. The summed E-state index contributed by atoms with van der Waals surface area (Å²) < 4.78 is 0. The molecule has 130 valence electrons. The molecule has 1 heterocycles. The number of carboxylic acid groups (broad SMARTS) is 2. The van der Waals surface area contributed by atoms with Crippen molar-refractivity contribution in [1.82, 2.24) is 10.2 Å². The molecule has 1 aliphatic rings. The van der Waals surface area contributed by atoms with Crippen LogP contribution < -0.4 is 11.1 Å². The third-order valence-corrected chi connectivity index (χ3v) is 3.99. The predicted octanol–water partition coefficient (Wildman–Crippen LogP) is -1.33. The molecule has 10 heteroatoms. The smallest absolute Gasteiger partial charge is 0.327 e. The second-order valence-corrected chi connectivity index (χ2v) is 5.68. The number of hydrogen-bond donors (Lipinski definition) is 5. The fourth-order valence-corrected chi connectivity index (χ4v) is 2.62. The Hall–Kier alpha value is -1.81. The molecule has 1 fully saturated rings. The molecule has 0 unspecified atom stereocenters. The van der Waals surface area contributed by atoms with Crippen molar-refractivity contribution in [2.45, 2.75) is 43.8 Å². The number of amides is 2. The van der Waals surface area contributed by atoms with Crippen LogP contribution in [0.3, 0.4) is 0 Å². The third kappa shape index (κ3) is 5.39. The molecule has 0 radical (unpaired) electrons. The highest BCUT2D eigenvalue weighted by molar-refractivity contribution is 7.80. The van der Waals surface area contributed by atoms with Crippen molar-refractivity contribution in [3.63, 3.8) is 0 Å². The van der Waals surface area contributed by atoms with Gasteiger partial charge in [-0.1, -0.05) is 0 Å². The van der Waals surface area contributed by atoms with Crippen LogP contribution in [0.25, 0.3) is 0 Å². The molecule has 9 nitrogen and oxygen atoms in total. The Morgan fingerprint density at radius 1 is 1.30 bits per heavy atom. The molecule has 0 aromatic rings. The number of carbonyl (C=O) groups excluding carboxylic acids is 2. The maximum atomic E-state index is 12.3. The van der Waals surface area contributed by atoms with Crippen LogP contribution in [-0.2, 0) is 19.2 Å². The van der Waals surface area contributed by atoms with Crippen LogP contribution in [0.1, 0.15) is 25.7 Å². The van der Waals surface area contributed by atoms with Gasteiger partial charge in [0.1, 0.15) is 12.1 Å². The summed E-state index contributed by atoms with van der Waals surface area (Å²) in [5.74, 6) is -3.39. The van der Waals surface area contributed by atoms with Gasteiger partial charge >= 0.3 is 11.9 Å². The number of nitrogens with zero attached hydrogens (tertiary/aromatic N) is 1. The molecule has 0 aromatic carbocycles. The van der Waals surface area contributed by atoms with Gasteiger partial charge in [0.2, 0.25) is 11.8 Å². The number of nitrogens with two attached hydrogens (primary N) is 1. The first-order chi connectivity index (χ1) is 10.8. The number of rotatable bonds is 8. The second kappa shape index (κ2) is 8.73. The minimum absolute atomic E-state index is 0.0204. The van der Waals surface area contributed by atoms with Gasteiger partial charge < -0.3 is 26.2 Å². The molecule has 3 atom stereocenters. The Bertz CT molecular complexity index is 486. The van der Waals surface area contributed by atoms with Crippen molar-refractivity contribution in [1.29, 1.82) is 0 Å². The first kappa shape index (κ1) is 19.2. The van der Waals surface area contributed by atoms with Crippen molar-refractivity contribution >= 4 is 36.4 Å². The van der Waals surface area contributed by atoms with Crippen LogP contribution in [0.2, 0.25) is 0 Å². The highest BCUT2D eigenvalue weighted by atomic mass is 32.1. The molecular weight excluding hydrogens is 326 g/mol. The average Bonchev–Trinajstić information content (AvgIpc) is 2.98. The van der Waals surface area contributed by atoms with Gasteiger partial charge in [-0.3, -0.25) is 14.4 Å². The third-order valence-electron chi connectivity index (χ3n) is 3.62. The summed E-state index contributed by atoms with van der Waals surface area (Å²) in [4.78, 5) is 47.2. The van der Waals surface area contributed by atoms with E-state index < -0.39 is 41.9 Å². The fourth-order valence-electron chi connectivity index (χ4n) is 2.37. The first-order valence-corrected chi connectivity index (χ1v) is 7.83. The van der Waals surface area contributed by atoms with E-state index in [1.807, 2.05) is 0 Å². The fraction of sp³-hybridized carbons (Fsp3) is 0.692. The summed E-state index contributed by atoms with van der Waals surface area (Å²) in [6.07, 6.45) is 0.738.